The maximum atomic E-state index is 12.3. The van der Waals surface area contributed by atoms with Crippen molar-refractivity contribution in [3.8, 4) is 5.75 Å². The summed E-state index contributed by atoms with van der Waals surface area (Å²) < 4.78 is 52.8. The van der Waals surface area contributed by atoms with Crippen molar-refractivity contribution in [3.63, 3.8) is 0 Å². The van der Waals surface area contributed by atoms with Crippen LogP contribution in [0.2, 0.25) is 0 Å². The topological polar surface area (TPSA) is 53.5 Å². The molecule has 2 heterocycles. The molecular formula is C18H20BF3N2O3. The van der Waals surface area contributed by atoms with Gasteiger partial charge in [-0.25, -0.2) is 9.97 Å². The molecule has 1 aliphatic rings. The van der Waals surface area contributed by atoms with Gasteiger partial charge in [-0.15, -0.1) is 13.2 Å². The van der Waals surface area contributed by atoms with Crippen molar-refractivity contribution in [1.29, 1.82) is 0 Å². The molecule has 0 bridgehead atoms. The van der Waals surface area contributed by atoms with Crippen LogP contribution in [0.25, 0.3) is 0 Å². The van der Waals surface area contributed by atoms with Gasteiger partial charge in [0, 0.05) is 24.3 Å². The van der Waals surface area contributed by atoms with Crippen LogP contribution in [0.5, 0.6) is 5.75 Å². The highest BCUT2D eigenvalue weighted by Crippen LogP contribution is 2.36. The first-order chi connectivity index (χ1) is 12.5. The number of aromatic nitrogens is 2. The fourth-order valence-corrected chi connectivity index (χ4v) is 2.59. The van der Waals surface area contributed by atoms with Crippen LogP contribution in [0, 0.1) is 0 Å². The van der Waals surface area contributed by atoms with Gasteiger partial charge in [0.05, 0.1) is 11.2 Å². The number of benzene rings is 1. The number of hydrogen-bond donors (Lipinski definition) is 0. The third-order valence-corrected chi connectivity index (χ3v) is 4.74. The summed E-state index contributed by atoms with van der Waals surface area (Å²) >= 11 is 0. The van der Waals surface area contributed by atoms with Gasteiger partial charge in [-0.05, 0) is 45.4 Å². The molecule has 0 N–H and O–H groups in total. The van der Waals surface area contributed by atoms with E-state index in [0.717, 1.165) is 0 Å². The number of ether oxygens (including phenoxy) is 1. The molecule has 0 aliphatic carbocycles. The van der Waals surface area contributed by atoms with E-state index >= 15 is 0 Å². The Morgan fingerprint density at radius 2 is 1.63 bits per heavy atom. The minimum atomic E-state index is -4.72. The van der Waals surface area contributed by atoms with Crippen LogP contribution < -0.4 is 10.2 Å². The number of alkyl halides is 3. The van der Waals surface area contributed by atoms with Gasteiger partial charge in [-0.1, -0.05) is 12.1 Å². The molecule has 1 aromatic heterocycles. The van der Waals surface area contributed by atoms with E-state index in [4.69, 9.17) is 9.31 Å². The monoisotopic (exact) mass is 380 g/mol. The molecular weight excluding hydrogens is 360 g/mol. The Bertz CT molecular complexity index is 794. The third kappa shape index (κ3) is 4.59. The summed E-state index contributed by atoms with van der Waals surface area (Å²) in [6.07, 6.45) is -1.22. The van der Waals surface area contributed by atoms with Crippen LogP contribution in [0.3, 0.4) is 0 Å². The van der Waals surface area contributed by atoms with Crippen molar-refractivity contribution >= 4 is 12.6 Å². The first-order valence-corrected chi connectivity index (χ1v) is 8.46. The van der Waals surface area contributed by atoms with Gasteiger partial charge in [0.15, 0.2) is 0 Å². The summed E-state index contributed by atoms with van der Waals surface area (Å²) in [7, 11) is -0.562. The maximum Gasteiger partial charge on any atom is 0.573 e. The summed E-state index contributed by atoms with van der Waals surface area (Å²) in [5.41, 5.74) is 0.372. The number of halogens is 3. The quantitative estimate of drug-likeness (QED) is 0.763. The van der Waals surface area contributed by atoms with E-state index in [0.29, 0.717) is 16.9 Å². The molecule has 3 rings (SSSR count). The summed E-state index contributed by atoms with van der Waals surface area (Å²) in [4.78, 5) is 8.57. The van der Waals surface area contributed by atoms with Crippen LogP contribution in [-0.2, 0) is 15.7 Å². The first kappa shape index (κ1) is 19.6. The zero-order valence-corrected chi connectivity index (χ0v) is 15.5. The van der Waals surface area contributed by atoms with E-state index in [2.05, 4.69) is 14.7 Å². The second-order valence-corrected chi connectivity index (χ2v) is 7.39. The molecule has 1 aromatic carbocycles. The Kier molecular flexibility index (Phi) is 4.94. The second kappa shape index (κ2) is 6.80. The van der Waals surface area contributed by atoms with Crippen molar-refractivity contribution in [2.45, 2.75) is 51.7 Å². The summed E-state index contributed by atoms with van der Waals surface area (Å²) in [5.74, 6) is 0.202. The van der Waals surface area contributed by atoms with Gasteiger partial charge >= 0.3 is 13.5 Å². The molecule has 0 radical (unpaired) electrons. The lowest BCUT2D eigenvalue weighted by Crippen LogP contribution is -2.41. The molecule has 2 aromatic rings. The van der Waals surface area contributed by atoms with Crippen molar-refractivity contribution < 1.29 is 27.2 Å². The molecule has 5 nitrogen and oxygen atoms in total. The maximum absolute atomic E-state index is 12.3. The van der Waals surface area contributed by atoms with E-state index in [1.54, 1.807) is 18.5 Å². The van der Waals surface area contributed by atoms with Crippen molar-refractivity contribution in [2.75, 3.05) is 0 Å². The second-order valence-electron chi connectivity index (χ2n) is 7.39. The highest BCUT2D eigenvalue weighted by atomic mass is 19.4. The predicted octanol–water partition coefficient (Wildman–Crippen LogP) is 3.27. The van der Waals surface area contributed by atoms with Crippen LogP contribution in [0.1, 0.15) is 39.1 Å². The van der Waals surface area contributed by atoms with Gasteiger partial charge in [0.1, 0.15) is 11.6 Å². The minimum Gasteiger partial charge on any atom is -0.406 e. The molecule has 0 spiro atoms. The molecule has 0 atom stereocenters. The van der Waals surface area contributed by atoms with Gasteiger partial charge in [-0.3, -0.25) is 0 Å². The Labute approximate surface area is 156 Å². The van der Waals surface area contributed by atoms with Crippen molar-refractivity contribution in [1.82, 2.24) is 9.97 Å². The highest BCUT2D eigenvalue weighted by Gasteiger charge is 2.51. The molecule has 0 saturated carbocycles. The van der Waals surface area contributed by atoms with Gasteiger partial charge in [0.25, 0.3) is 0 Å². The fourth-order valence-electron chi connectivity index (χ4n) is 2.59. The smallest absolute Gasteiger partial charge is 0.406 e. The van der Waals surface area contributed by atoms with Gasteiger partial charge in [0.2, 0.25) is 0 Å². The van der Waals surface area contributed by atoms with E-state index in [1.165, 1.54) is 18.2 Å². The molecule has 1 aliphatic heterocycles. The van der Waals surface area contributed by atoms with E-state index in [-0.39, 0.29) is 12.2 Å². The zero-order chi connectivity index (χ0) is 19.9. The van der Waals surface area contributed by atoms with Crippen LogP contribution >= 0.6 is 0 Å². The zero-order valence-electron chi connectivity index (χ0n) is 15.5. The van der Waals surface area contributed by atoms with Gasteiger partial charge < -0.3 is 14.0 Å². The minimum absolute atomic E-state index is 0.270. The van der Waals surface area contributed by atoms with Crippen molar-refractivity contribution in [2.24, 2.45) is 0 Å². The van der Waals surface area contributed by atoms with Crippen LogP contribution in [-0.4, -0.2) is 34.7 Å². The Morgan fingerprint density at radius 1 is 1.04 bits per heavy atom. The standard InChI is InChI=1S/C18H20BF3N2O3/c1-16(2)17(3,4)27-19(26-16)13-10-23-15(24-11-13)9-12-6-5-7-14(8-12)25-18(20,21)22/h5-8,10-11H,9H2,1-4H3. The molecule has 1 saturated heterocycles. The summed E-state index contributed by atoms with van der Waals surface area (Å²) in [6, 6.07) is 5.75. The highest BCUT2D eigenvalue weighted by molar-refractivity contribution is 6.61. The average Bonchev–Trinajstić information content (AvgIpc) is 2.75. The molecule has 9 heteroatoms. The van der Waals surface area contributed by atoms with E-state index in [1.807, 2.05) is 27.7 Å². The normalized spacial score (nSPS) is 18.6. The molecule has 144 valence electrons. The Hall–Kier alpha value is -2.13. The molecule has 27 heavy (non-hydrogen) atoms. The SMILES string of the molecule is CC1(C)OB(c2cnc(Cc3cccc(OC(F)(F)F)c3)nc2)OC1(C)C. The number of nitrogens with zero attached hydrogens (tertiary/aromatic N) is 2. The molecule has 0 amide bonds. The molecule has 0 unspecified atom stereocenters. The fraction of sp³-hybridized carbons (Fsp3) is 0.444. The third-order valence-electron chi connectivity index (χ3n) is 4.74. The predicted molar refractivity (Wildman–Crippen MR) is 93.7 cm³/mol. The number of rotatable bonds is 4. The molecule has 1 fully saturated rings. The Balaban J connectivity index is 1.69. The average molecular weight is 380 g/mol. The Morgan fingerprint density at radius 3 is 2.19 bits per heavy atom. The van der Waals surface area contributed by atoms with Crippen LogP contribution in [0.4, 0.5) is 13.2 Å². The largest absolute Gasteiger partial charge is 0.573 e. The lowest BCUT2D eigenvalue weighted by Gasteiger charge is -2.32. The van der Waals surface area contributed by atoms with E-state index < -0.39 is 24.7 Å². The summed E-state index contributed by atoms with van der Waals surface area (Å²) in [5, 5.41) is 0. The van der Waals surface area contributed by atoms with Crippen LogP contribution in [0.15, 0.2) is 36.7 Å². The lowest BCUT2D eigenvalue weighted by molar-refractivity contribution is -0.274. The number of hydrogen-bond acceptors (Lipinski definition) is 5. The van der Waals surface area contributed by atoms with E-state index in [9.17, 15) is 13.2 Å². The van der Waals surface area contributed by atoms with Gasteiger partial charge in [-0.2, -0.15) is 0 Å². The lowest BCUT2D eigenvalue weighted by atomic mass is 9.81. The van der Waals surface area contributed by atoms with Crippen molar-refractivity contribution in [3.05, 3.63) is 48.0 Å². The summed E-state index contributed by atoms with van der Waals surface area (Å²) in [6.45, 7) is 7.83. The first-order valence-electron chi connectivity index (χ1n) is 8.46.